The van der Waals surface area contributed by atoms with E-state index in [-0.39, 0.29) is 0 Å². The van der Waals surface area contributed by atoms with E-state index in [2.05, 4.69) is 29.0 Å². The molecule has 0 bridgehead atoms. The lowest BCUT2D eigenvalue weighted by Crippen LogP contribution is -2.47. The summed E-state index contributed by atoms with van der Waals surface area (Å²) in [5, 5.41) is 3.49. The van der Waals surface area contributed by atoms with Crippen LogP contribution in [0.3, 0.4) is 0 Å². The molecule has 1 amide bonds. The van der Waals surface area contributed by atoms with Crippen molar-refractivity contribution in [2.45, 2.75) is 71.3 Å². The minimum atomic E-state index is 0.412. The van der Waals surface area contributed by atoms with Gasteiger partial charge in [0.05, 0.1) is 0 Å². The smallest absolute Gasteiger partial charge is 0.222 e. The first kappa shape index (κ1) is 19.2. The van der Waals surface area contributed by atoms with Crippen LogP contribution in [0.5, 0.6) is 0 Å². The van der Waals surface area contributed by atoms with Gasteiger partial charge in [0, 0.05) is 32.1 Å². The van der Waals surface area contributed by atoms with Crippen molar-refractivity contribution in [1.29, 1.82) is 0 Å². The van der Waals surface area contributed by atoms with Gasteiger partial charge in [-0.25, -0.2) is 0 Å². The van der Waals surface area contributed by atoms with Crippen molar-refractivity contribution in [3.05, 3.63) is 0 Å². The van der Waals surface area contributed by atoms with Crippen molar-refractivity contribution in [2.24, 2.45) is 17.8 Å². The summed E-state index contributed by atoms with van der Waals surface area (Å²) < 4.78 is 0. The first-order valence-electron chi connectivity index (χ1n) is 10.9. The van der Waals surface area contributed by atoms with Crippen molar-refractivity contribution in [2.75, 3.05) is 39.3 Å². The van der Waals surface area contributed by atoms with Crippen LogP contribution >= 0.6 is 0 Å². The molecule has 4 heteroatoms. The second-order valence-electron chi connectivity index (χ2n) is 8.98. The highest BCUT2D eigenvalue weighted by atomic mass is 16.2. The van der Waals surface area contributed by atoms with E-state index in [1.807, 2.05) is 0 Å². The Hall–Kier alpha value is -0.610. The van der Waals surface area contributed by atoms with Gasteiger partial charge in [0.25, 0.3) is 0 Å². The summed E-state index contributed by atoms with van der Waals surface area (Å²) in [5.41, 5.74) is 0. The average Bonchev–Trinajstić information content (AvgIpc) is 2.64. The van der Waals surface area contributed by atoms with Crippen LogP contribution in [0.25, 0.3) is 0 Å². The average molecular weight is 350 g/mol. The summed E-state index contributed by atoms with van der Waals surface area (Å²) in [4.78, 5) is 17.7. The molecular formula is C21H39N3O. The predicted molar refractivity (Wildman–Crippen MR) is 104 cm³/mol. The number of amides is 1. The van der Waals surface area contributed by atoms with E-state index in [0.29, 0.717) is 23.7 Å². The van der Waals surface area contributed by atoms with E-state index in [0.717, 1.165) is 38.6 Å². The number of nitrogens with one attached hydrogen (secondary N) is 1. The molecule has 0 spiro atoms. The quantitative estimate of drug-likeness (QED) is 0.828. The number of hydrogen-bond donors (Lipinski definition) is 1. The van der Waals surface area contributed by atoms with Crippen LogP contribution in [0.15, 0.2) is 0 Å². The highest BCUT2D eigenvalue weighted by Gasteiger charge is 2.29. The van der Waals surface area contributed by atoms with Gasteiger partial charge in [0.15, 0.2) is 0 Å². The first-order chi connectivity index (χ1) is 12.1. The molecule has 144 valence electrons. The van der Waals surface area contributed by atoms with Crippen LogP contribution in [-0.2, 0) is 4.79 Å². The Bertz CT molecular complexity index is 421. The van der Waals surface area contributed by atoms with Crippen LogP contribution in [0.4, 0.5) is 0 Å². The van der Waals surface area contributed by atoms with E-state index in [1.165, 1.54) is 58.0 Å². The summed E-state index contributed by atoms with van der Waals surface area (Å²) in [5.74, 6) is 2.30. The minimum Gasteiger partial charge on any atom is -0.342 e. The molecule has 4 unspecified atom stereocenters. The maximum Gasteiger partial charge on any atom is 0.222 e. The standard InChI is InChI=1S/C21H39N3O/c1-17(20-9-5-10-22-14-20)13-21(25)24-12-6-8-19(16-24)15-23-11-4-3-7-18(23)2/h17-20,22H,3-16H2,1-2H3. The van der Waals surface area contributed by atoms with Crippen molar-refractivity contribution in [3.8, 4) is 0 Å². The van der Waals surface area contributed by atoms with Gasteiger partial charge < -0.3 is 15.1 Å². The fraction of sp³-hybridized carbons (Fsp3) is 0.952. The molecule has 1 N–H and O–H groups in total. The van der Waals surface area contributed by atoms with Gasteiger partial charge in [-0.2, -0.15) is 0 Å². The fourth-order valence-corrected chi connectivity index (χ4v) is 5.14. The number of nitrogens with zero attached hydrogens (tertiary/aromatic N) is 2. The Balaban J connectivity index is 1.45. The number of piperidine rings is 3. The second-order valence-corrected chi connectivity index (χ2v) is 8.98. The third kappa shape index (κ3) is 5.43. The molecule has 3 fully saturated rings. The molecule has 3 aliphatic heterocycles. The number of carbonyl (C=O) groups excluding carboxylic acids is 1. The second kappa shape index (κ2) is 9.36. The number of hydrogen-bond acceptors (Lipinski definition) is 3. The number of likely N-dealkylation sites (tertiary alicyclic amines) is 2. The summed E-state index contributed by atoms with van der Waals surface area (Å²) in [6.45, 7) is 11.4. The van der Waals surface area contributed by atoms with Gasteiger partial charge in [-0.15, -0.1) is 0 Å². The summed E-state index contributed by atoms with van der Waals surface area (Å²) >= 11 is 0. The van der Waals surface area contributed by atoms with Gasteiger partial charge in [0.1, 0.15) is 0 Å². The molecule has 3 aliphatic rings. The molecule has 3 rings (SSSR count). The Morgan fingerprint density at radius 1 is 1.12 bits per heavy atom. The topological polar surface area (TPSA) is 35.6 Å². The van der Waals surface area contributed by atoms with Gasteiger partial charge in [0.2, 0.25) is 5.91 Å². The summed E-state index contributed by atoms with van der Waals surface area (Å²) in [6, 6.07) is 0.735. The summed E-state index contributed by atoms with van der Waals surface area (Å²) in [7, 11) is 0. The zero-order chi connectivity index (χ0) is 17.6. The molecule has 3 heterocycles. The molecule has 4 nitrogen and oxygen atoms in total. The molecule has 4 atom stereocenters. The number of carbonyl (C=O) groups is 1. The Morgan fingerprint density at radius 3 is 2.76 bits per heavy atom. The molecular weight excluding hydrogens is 310 g/mol. The van der Waals surface area contributed by atoms with Crippen molar-refractivity contribution >= 4 is 5.91 Å². The Morgan fingerprint density at radius 2 is 2.00 bits per heavy atom. The SMILES string of the molecule is CC(CC(=O)N1CCCC(CN2CCCCC2C)C1)C1CCCNC1. The van der Waals surface area contributed by atoms with Crippen molar-refractivity contribution in [1.82, 2.24) is 15.1 Å². The van der Waals surface area contributed by atoms with E-state index in [4.69, 9.17) is 0 Å². The predicted octanol–water partition coefficient (Wildman–Crippen LogP) is 3.13. The van der Waals surface area contributed by atoms with Gasteiger partial charge in [-0.1, -0.05) is 13.3 Å². The fourth-order valence-electron chi connectivity index (χ4n) is 5.14. The molecule has 0 aliphatic carbocycles. The largest absolute Gasteiger partial charge is 0.342 e. The minimum absolute atomic E-state index is 0.412. The van der Waals surface area contributed by atoms with E-state index in [9.17, 15) is 4.79 Å². The van der Waals surface area contributed by atoms with Gasteiger partial charge in [-0.05, 0) is 82.8 Å². The van der Waals surface area contributed by atoms with Gasteiger partial charge in [-0.3, -0.25) is 4.79 Å². The molecule has 0 saturated carbocycles. The Labute approximate surface area is 154 Å². The van der Waals surface area contributed by atoms with Crippen LogP contribution < -0.4 is 5.32 Å². The third-order valence-electron chi connectivity index (χ3n) is 6.94. The molecule has 3 saturated heterocycles. The van der Waals surface area contributed by atoms with Crippen molar-refractivity contribution < 1.29 is 4.79 Å². The highest BCUT2D eigenvalue weighted by molar-refractivity contribution is 5.76. The lowest BCUT2D eigenvalue weighted by molar-refractivity contribution is -0.134. The van der Waals surface area contributed by atoms with E-state index in [1.54, 1.807) is 0 Å². The normalized spacial score (nSPS) is 33.2. The summed E-state index contributed by atoms with van der Waals surface area (Å²) in [6.07, 6.45) is 9.89. The molecule has 0 aromatic heterocycles. The molecule has 25 heavy (non-hydrogen) atoms. The lowest BCUT2D eigenvalue weighted by Gasteiger charge is -2.40. The number of rotatable bonds is 5. The van der Waals surface area contributed by atoms with Crippen LogP contribution in [0, 0.1) is 17.8 Å². The zero-order valence-corrected chi connectivity index (χ0v) is 16.5. The molecule has 0 aromatic rings. The van der Waals surface area contributed by atoms with Crippen LogP contribution in [0.1, 0.15) is 65.2 Å². The highest BCUT2D eigenvalue weighted by Crippen LogP contribution is 2.26. The maximum atomic E-state index is 12.8. The lowest BCUT2D eigenvalue weighted by atomic mass is 9.85. The molecule has 0 aromatic carbocycles. The van der Waals surface area contributed by atoms with Crippen LogP contribution in [-0.4, -0.2) is 61.0 Å². The molecule has 0 radical (unpaired) electrons. The van der Waals surface area contributed by atoms with E-state index < -0.39 is 0 Å². The first-order valence-corrected chi connectivity index (χ1v) is 10.9. The van der Waals surface area contributed by atoms with Gasteiger partial charge >= 0.3 is 0 Å². The van der Waals surface area contributed by atoms with Crippen LogP contribution in [0.2, 0.25) is 0 Å². The van der Waals surface area contributed by atoms with Crippen molar-refractivity contribution in [3.63, 3.8) is 0 Å². The Kier molecular flexibility index (Phi) is 7.18. The van der Waals surface area contributed by atoms with E-state index >= 15 is 0 Å². The monoisotopic (exact) mass is 349 g/mol. The zero-order valence-electron chi connectivity index (χ0n) is 16.5. The third-order valence-corrected chi connectivity index (χ3v) is 6.94. The maximum absolute atomic E-state index is 12.8.